The summed E-state index contributed by atoms with van der Waals surface area (Å²) in [7, 11) is 0. The average Bonchev–Trinajstić information content (AvgIpc) is 2.07. The van der Waals surface area contributed by atoms with Gasteiger partial charge in [0.15, 0.2) is 5.82 Å². The van der Waals surface area contributed by atoms with Gasteiger partial charge in [-0.15, -0.1) is 0 Å². The maximum Gasteiger partial charge on any atom is 0.155 e. The summed E-state index contributed by atoms with van der Waals surface area (Å²) in [6.45, 7) is 4.51. The van der Waals surface area contributed by atoms with E-state index in [4.69, 9.17) is 0 Å². The molecule has 0 atom stereocenters. The fourth-order valence-corrected chi connectivity index (χ4v) is 1.09. The minimum absolute atomic E-state index is 0.601. The van der Waals surface area contributed by atoms with E-state index in [0.29, 0.717) is 6.67 Å². The van der Waals surface area contributed by atoms with Gasteiger partial charge < -0.3 is 5.32 Å². The van der Waals surface area contributed by atoms with E-state index in [1.165, 1.54) is 0 Å². The molecule has 1 aliphatic rings. The molecule has 1 N–H and O–H groups in total. The topological polar surface area (TPSA) is 50.2 Å². The summed E-state index contributed by atoms with van der Waals surface area (Å²) in [6, 6.07) is 0. The maximum atomic E-state index is 4.35. The minimum Gasteiger partial charge on any atom is -0.349 e. The first-order valence-electron chi connectivity index (χ1n) is 3.86. The normalized spacial score (nSPS) is 13.8. The summed E-state index contributed by atoms with van der Waals surface area (Å²) >= 11 is 0. The lowest BCUT2D eigenvalue weighted by molar-refractivity contribution is 0.993. The number of rotatable bonds is 0. The molecule has 0 amide bonds. The number of aromatic nitrogens is 2. The van der Waals surface area contributed by atoms with Crippen LogP contribution in [0.4, 0.5) is 5.82 Å². The van der Waals surface area contributed by atoms with E-state index in [0.717, 1.165) is 22.9 Å². The first-order chi connectivity index (χ1) is 5.77. The summed E-state index contributed by atoms with van der Waals surface area (Å²) in [5.74, 6) is 0.841. The summed E-state index contributed by atoms with van der Waals surface area (Å²) < 4.78 is 0. The van der Waals surface area contributed by atoms with Gasteiger partial charge in [0.2, 0.25) is 0 Å². The van der Waals surface area contributed by atoms with Crippen molar-refractivity contribution in [3.8, 4) is 0 Å². The van der Waals surface area contributed by atoms with E-state index >= 15 is 0 Å². The van der Waals surface area contributed by atoms with E-state index < -0.39 is 0 Å². The van der Waals surface area contributed by atoms with Crippen LogP contribution in [0.3, 0.4) is 0 Å². The highest BCUT2D eigenvalue weighted by atomic mass is 15.1. The molecule has 62 valence electrons. The Bertz CT molecular complexity index is 343. The Morgan fingerprint density at radius 3 is 2.83 bits per heavy atom. The number of hydrogen-bond donors (Lipinski definition) is 1. The smallest absolute Gasteiger partial charge is 0.155 e. The van der Waals surface area contributed by atoms with E-state index in [-0.39, 0.29) is 0 Å². The van der Waals surface area contributed by atoms with Crippen molar-refractivity contribution >= 4 is 12.0 Å². The van der Waals surface area contributed by atoms with Gasteiger partial charge in [0, 0.05) is 0 Å². The third-order valence-corrected chi connectivity index (χ3v) is 1.89. The van der Waals surface area contributed by atoms with E-state index in [1.807, 2.05) is 13.8 Å². The summed E-state index contributed by atoms with van der Waals surface area (Å²) in [5.41, 5.74) is 2.77. The molecule has 0 bridgehead atoms. The van der Waals surface area contributed by atoms with Crippen molar-refractivity contribution in [2.75, 3.05) is 12.0 Å². The van der Waals surface area contributed by atoms with Gasteiger partial charge in [-0.1, -0.05) is 0 Å². The fourth-order valence-electron chi connectivity index (χ4n) is 1.09. The molecule has 12 heavy (non-hydrogen) atoms. The lowest BCUT2D eigenvalue weighted by Crippen LogP contribution is -2.13. The van der Waals surface area contributed by atoms with Crippen LogP contribution in [0.15, 0.2) is 4.99 Å². The predicted octanol–water partition coefficient (Wildman–Crippen LogP) is 0.895. The second kappa shape index (κ2) is 2.55. The predicted molar refractivity (Wildman–Crippen MR) is 47.6 cm³/mol. The molecule has 0 spiro atoms. The van der Waals surface area contributed by atoms with Crippen molar-refractivity contribution in [2.45, 2.75) is 13.8 Å². The molecule has 2 rings (SSSR count). The first-order valence-corrected chi connectivity index (χ1v) is 3.86. The van der Waals surface area contributed by atoms with Crippen molar-refractivity contribution < 1.29 is 0 Å². The van der Waals surface area contributed by atoms with Crippen molar-refractivity contribution in [2.24, 2.45) is 4.99 Å². The van der Waals surface area contributed by atoms with Crippen molar-refractivity contribution in [3.05, 3.63) is 17.1 Å². The molecule has 0 aromatic carbocycles. The molecule has 0 saturated carbocycles. The second-order valence-corrected chi connectivity index (χ2v) is 2.77. The van der Waals surface area contributed by atoms with Gasteiger partial charge in [0.05, 0.1) is 17.6 Å². The van der Waals surface area contributed by atoms with Crippen LogP contribution < -0.4 is 5.32 Å². The van der Waals surface area contributed by atoms with Crippen LogP contribution >= 0.6 is 0 Å². The van der Waals surface area contributed by atoms with Gasteiger partial charge in [0.25, 0.3) is 0 Å². The molecule has 4 nitrogen and oxygen atoms in total. The highest BCUT2D eigenvalue weighted by Crippen LogP contribution is 2.13. The van der Waals surface area contributed by atoms with Crippen LogP contribution in [0.1, 0.15) is 17.1 Å². The van der Waals surface area contributed by atoms with Crippen LogP contribution in [0.2, 0.25) is 0 Å². The van der Waals surface area contributed by atoms with Crippen LogP contribution in [0.5, 0.6) is 0 Å². The number of nitrogens with one attached hydrogen (secondary N) is 1. The third kappa shape index (κ3) is 1.05. The SMILES string of the molecule is Cc1nc2c(nc1C)NCN=C2. The summed E-state index contributed by atoms with van der Waals surface area (Å²) in [5, 5.41) is 3.06. The molecule has 1 aromatic heterocycles. The number of aliphatic imine (C=N–C) groups is 1. The van der Waals surface area contributed by atoms with Crippen LogP contribution in [-0.4, -0.2) is 22.9 Å². The number of hydrogen-bond acceptors (Lipinski definition) is 4. The van der Waals surface area contributed by atoms with Gasteiger partial charge in [-0.25, -0.2) is 9.97 Å². The molecular formula is C8H10N4. The number of nitrogens with zero attached hydrogens (tertiary/aromatic N) is 3. The monoisotopic (exact) mass is 162 g/mol. The highest BCUT2D eigenvalue weighted by molar-refractivity contribution is 5.85. The Labute approximate surface area is 70.8 Å². The molecule has 0 aliphatic carbocycles. The number of anilines is 1. The molecule has 4 heteroatoms. The van der Waals surface area contributed by atoms with E-state index in [2.05, 4.69) is 20.3 Å². The Kier molecular flexibility index (Phi) is 1.53. The molecule has 0 saturated heterocycles. The van der Waals surface area contributed by atoms with Crippen molar-refractivity contribution in [1.82, 2.24) is 9.97 Å². The molecule has 2 heterocycles. The van der Waals surface area contributed by atoms with Gasteiger partial charge in [-0.05, 0) is 13.8 Å². The van der Waals surface area contributed by atoms with E-state index in [1.54, 1.807) is 6.21 Å². The van der Waals surface area contributed by atoms with E-state index in [9.17, 15) is 0 Å². The zero-order chi connectivity index (χ0) is 8.55. The molecule has 1 aromatic rings. The molecule has 0 radical (unpaired) electrons. The summed E-state index contributed by atoms with van der Waals surface area (Å²) in [4.78, 5) is 12.7. The molecule has 1 aliphatic heterocycles. The Balaban J connectivity index is 2.58. The van der Waals surface area contributed by atoms with Crippen molar-refractivity contribution in [3.63, 3.8) is 0 Å². The number of fused-ring (bicyclic) bond motifs is 1. The standard InChI is InChI=1S/C8H10N4/c1-5-6(2)12-8-7(11-5)3-9-4-10-8/h3H,4H2,1-2H3,(H,10,12). The van der Waals surface area contributed by atoms with Gasteiger partial charge >= 0.3 is 0 Å². The average molecular weight is 162 g/mol. The Morgan fingerprint density at radius 1 is 1.25 bits per heavy atom. The maximum absolute atomic E-state index is 4.35. The van der Waals surface area contributed by atoms with Gasteiger partial charge in [-0.3, -0.25) is 4.99 Å². The van der Waals surface area contributed by atoms with Gasteiger partial charge in [-0.2, -0.15) is 0 Å². The second-order valence-electron chi connectivity index (χ2n) is 2.77. The fraction of sp³-hybridized carbons (Fsp3) is 0.375. The lowest BCUT2D eigenvalue weighted by atomic mass is 10.3. The minimum atomic E-state index is 0.601. The first kappa shape index (κ1) is 7.21. The van der Waals surface area contributed by atoms with Crippen LogP contribution in [-0.2, 0) is 0 Å². The van der Waals surface area contributed by atoms with Crippen molar-refractivity contribution in [1.29, 1.82) is 0 Å². The quantitative estimate of drug-likeness (QED) is 0.616. The van der Waals surface area contributed by atoms with Crippen LogP contribution in [0.25, 0.3) is 0 Å². The highest BCUT2D eigenvalue weighted by Gasteiger charge is 2.08. The Morgan fingerprint density at radius 2 is 2.00 bits per heavy atom. The summed E-state index contributed by atoms with van der Waals surface area (Å²) in [6.07, 6.45) is 1.76. The lowest BCUT2D eigenvalue weighted by Gasteiger charge is -2.11. The molecular weight excluding hydrogens is 152 g/mol. The molecule has 0 unspecified atom stereocenters. The number of aryl methyl sites for hydroxylation is 2. The zero-order valence-electron chi connectivity index (χ0n) is 7.13. The van der Waals surface area contributed by atoms with Crippen LogP contribution in [0, 0.1) is 13.8 Å². The third-order valence-electron chi connectivity index (χ3n) is 1.89. The largest absolute Gasteiger partial charge is 0.349 e. The van der Waals surface area contributed by atoms with Gasteiger partial charge in [0.1, 0.15) is 12.4 Å². The zero-order valence-corrected chi connectivity index (χ0v) is 7.13. The Hall–Kier alpha value is -1.45. The molecule has 0 fully saturated rings.